The lowest BCUT2D eigenvalue weighted by molar-refractivity contribution is -0.946. The van der Waals surface area contributed by atoms with Gasteiger partial charge in [-0.05, 0) is 29.8 Å². The van der Waals surface area contributed by atoms with Crippen molar-refractivity contribution in [3.63, 3.8) is 0 Å². The first kappa shape index (κ1) is 18.7. The van der Waals surface area contributed by atoms with Crippen molar-refractivity contribution in [3.8, 4) is 0 Å². The third-order valence-corrected chi connectivity index (χ3v) is 5.60. The van der Waals surface area contributed by atoms with Crippen molar-refractivity contribution in [3.05, 3.63) is 94.2 Å². The SMILES string of the molecule is O=C(NC[C@@H](c1ccco1)[NH+]1CCc2ccccc2C1)c1c(F)cccc1Cl. The molecule has 1 unspecified atom stereocenters. The highest BCUT2D eigenvalue weighted by Crippen LogP contribution is 2.19. The van der Waals surface area contributed by atoms with E-state index in [0.717, 1.165) is 25.3 Å². The predicted molar refractivity (Wildman–Crippen MR) is 105 cm³/mol. The van der Waals surface area contributed by atoms with Crippen LogP contribution in [0.5, 0.6) is 0 Å². The molecule has 0 saturated carbocycles. The van der Waals surface area contributed by atoms with E-state index in [0.29, 0.717) is 6.54 Å². The summed E-state index contributed by atoms with van der Waals surface area (Å²) in [6, 6.07) is 16.3. The van der Waals surface area contributed by atoms with E-state index in [1.165, 1.54) is 34.2 Å². The number of quaternary nitrogens is 1. The molecule has 4 nitrogen and oxygen atoms in total. The quantitative estimate of drug-likeness (QED) is 0.692. The van der Waals surface area contributed by atoms with Gasteiger partial charge in [0.2, 0.25) is 0 Å². The van der Waals surface area contributed by atoms with Gasteiger partial charge in [-0.3, -0.25) is 4.79 Å². The fourth-order valence-corrected chi connectivity index (χ4v) is 4.08. The Morgan fingerprint density at radius 3 is 2.71 bits per heavy atom. The van der Waals surface area contributed by atoms with Crippen molar-refractivity contribution in [1.82, 2.24) is 5.32 Å². The average molecular weight is 400 g/mol. The van der Waals surface area contributed by atoms with Crippen LogP contribution in [-0.4, -0.2) is 19.0 Å². The van der Waals surface area contributed by atoms with E-state index in [4.69, 9.17) is 16.0 Å². The monoisotopic (exact) mass is 399 g/mol. The molecule has 1 aliphatic rings. The molecule has 0 saturated heterocycles. The van der Waals surface area contributed by atoms with E-state index in [2.05, 4.69) is 23.5 Å². The lowest BCUT2D eigenvalue weighted by atomic mass is 9.98. The number of amides is 1. The molecule has 1 amide bonds. The van der Waals surface area contributed by atoms with Gasteiger partial charge in [-0.1, -0.05) is 41.9 Å². The number of halogens is 2. The van der Waals surface area contributed by atoms with Gasteiger partial charge in [0.1, 0.15) is 12.4 Å². The first-order valence-corrected chi connectivity index (χ1v) is 9.68. The summed E-state index contributed by atoms with van der Waals surface area (Å²) in [6.45, 7) is 2.10. The minimum Gasteiger partial charge on any atom is -0.463 e. The molecule has 4 rings (SSSR count). The molecule has 0 radical (unpaired) electrons. The second-order valence-corrected chi connectivity index (χ2v) is 7.39. The fraction of sp³-hybridized carbons (Fsp3) is 0.227. The van der Waals surface area contributed by atoms with Crippen LogP contribution in [0.15, 0.2) is 65.3 Å². The topological polar surface area (TPSA) is 46.7 Å². The van der Waals surface area contributed by atoms with E-state index >= 15 is 0 Å². The van der Waals surface area contributed by atoms with Gasteiger partial charge in [-0.2, -0.15) is 0 Å². The highest BCUT2D eigenvalue weighted by Gasteiger charge is 2.31. The molecule has 6 heteroatoms. The Morgan fingerprint density at radius 2 is 1.96 bits per heavy atom. The Labute approximate surface area is 167 Å². The molecule has 0 aliphatic carbocycles. The summed E-state index contributed by atoms with van der Waals surface area (Å²) in [5.41, 5.74) is 2.55. The van der Waals surface area contributed by atoms with Crippen LogP contribution in [0.25, 0.3) is 0 Å². The summed E-state index contributed by atoms with van der Waals surface area (Å²) in [5.74, 6) is -0.343. The van der Waals surface area contributed by atoms with Gasteiger partial charge in [0.15, 0.2) is 11.8 Å². The molecule has 3 aromatic rings. The Balaban J connectivity index is 1.53. The summed E-state index contributed by atoms with van der Waals surface area (Å²) in [7, 11) is 0. The summed E-state index contributed by atoms with van der Waals surface area (Å²) in [6.07, 6.45) is 2.60. The van der Waals surface area contributed by atoms with Crippen LogP contribution in [0, 0.1) is 5.82 Å². The van der Waals surface area contributed by atoms with Crippen molar-refractivity contribution in [2.24, 2.45) is 0 Å². The maximum absolute atomic E-state index is 14.0. The van der Waals surface area contributed by atoms with Gasteiger partial charge in [-0.15, -0.1) is 0 Å². The summed E-state index contributed by atoms with van der Waals surface area (Å²) in [4.78, 5) is 13.9. The highest BCUT2D eigenvalue weighted by molar-refractivity contribution is 6.33. The van der Waals surface area contributed by atoms with Crippen LogP contribution in [0.3, 0.4) is 0 Å². The van der Waals surface area contributed by atoms with Crippen molar-refractivity contribution >= 4 is 17.5 Å². The van der Waals surface area contributed by atoms with Gasteiger partial charge in [0.25, 0.3) is 5.91 Å². The van der Waals surface area contributed by atoms with E-state index in [1.54, 1.807) is 6.26 Å². The summed E-state index contributed by atoms with van der Waals surface area (Å²) in [5, 5.41) is 2.95. The molecule has 28 heavy (non-hydrogen) atoms. The minimum atomic E-state index is -0.626. The average Bonchev–Trinajstić information content (AvgIpc) is 3.22. The molecule has 2 N–H and O–H groups in total. The van der Waals surface area contributed by atoms with E-state index < -0.39 is 11.7 Å². The smallest absolute Gasteiger partial charge is 0.256 e. The minimum absolute atomic E-state index is 0.0714. The first-order chi connectivity index (χ1) is 13.6. The highest BCUT2D eigenvalue weighted by atomic mass is 35.5. The number of hydrogen-bond acceptors (Lipinski definition) is 2. The van der Waals surface area contributed by atoms with Crippen LogP contribution in [0.4, 0.5) is 4.39 Å². The lowest BCUT2D eigenvalue weighted by Crippen LogP contribution is -3.12. The van der Waals surface area contributed by atoms with Crippen molar-refractivity contribution in [2.45, 2.75) is 19.0 Å². The Kier molecular flexibility index (Phi) is 5.46. The molecule has 1 aliphatic heterocycles. The molecule has 2 heterocycles. The number of furan rings is 1. The van der Waals surface area contributed by atoms with Gasteiger partial charge in [-0.25, -0.2) is 4.39 Å². The van der Waals surface area contributed by atoms with Gasteiger partial charge >= 0.3 is 0 Å². The maximum atomic E-state index is 14.0. The largest absolute Gasteiger partial charge is 0.463 e. The molecule has 144 valence electrons. The second kappa shape index (κ2) is 8.17. The zero-order chi connectivity index (χ0) is 19.5. The fourth-order valence-electron chi connectivity index (χ4n) is 3.83. The first-order valence-electron chi connectivity index (χ1n) is 9.30. The number of hydrogen-bond donors (Lipinski definition) is 2. The van der Waals surface area contributed by atoms with Gasteiger partial charge in [0.05, 0.1) is 29.9 Å². The van der Waals surface area contributed by atoms with Crippen molar-refractivity contribution < 1.29 is 18.5 Å². The number of carbonyl (C=O) groups is 1. The molecule has 0 spiro atoms. The number of nitrogens with one attached hydrogen (secondary N) is 2. The predicted octanol–water partition coefficient (Wildman–Crippen LogP) is 3.18. The summed E-state index contributed by atoms with van der Waals surface area (Å²) < 4.78 is 19.7. The Hall–Kier alpha value is -2.63. The zero-order valence-electron chi connectivity index (χ0n) is 15.3. The number of benzene rings is 2. The molecular weight excluding hydrogens is 379 g/mol. The third kappa shape index (κ3) is 3.81. The Bertz CT molecular complexity index is 954. The second-order valence-electron chi connectivity index (χ2n) is 6.98. The molecule has 0 fully saturated rings. The normalized spacial score (nSPS) is 17.0. The molecule has 2 atom stereocenters. The third-order valence-electron chi connectivity index (χ3n) is 5.29. The number of carbonyl (C=O) groups excluding carboxylic acids is 1. The van der Waals surface area contributed by atoms with E-state index in [9.17, 15) is 9.18 Å². The van der Waals surface area contributed by atoms with Crippen LogP contribution >= 0.6 is 11.6 Å². The van der Waals surface area contributed by atoms with Gasteiger partial charge in [0, 0.05) is 12.0 Å². The van der Waals surface area contributed by atoms with Crippen LogP contribution in [-0.2, 0) is 13.0 Å². The van der Waals surface area contributed by atoms with Crippen molar-refractivity contribution in [2.75, 3.05) is 13.1 Å². The number of fused-ring (bicyclic) bond motifs is 1. The van der Waals surface area contributed by atoms with E-state index in [-0.39, 0.29) is 16.6 Å². The lowest BCUT2D eigenvalue weighted by Gasteiger charge is -2.31. The van der Waals surface area contributed by atoms with Crippen LogP contribution in [0.2, 0.25) is 5.02 Å². The Morgan fingerprint density at radius 1 is 1.14 bits per heavy atom. The molecule has 1 aromatic heterocycles. The number of rotatable bonds is 5. The molecular formula is C22H21ClFN2O2+. The van der Waals surface area contributed by atoms with Crippen molar-refractivity contribution in [1.29, 1.82) is 0 Å². The summed E-state index contributed by atoms with van der Waals surface area (Å²) >= 11 is 6.02. The van der Waals surface area contributed by atoms with Crippen LogP contribution in [0.1, 0.15) is 33.3 Å². The molecule has 0 bridgehead atoms. The standard InChI is InChI=1S/C22H20ClFN2O2/c23-17-7-3-8-18(24)21(17)22(27)25-13-19(20-9-4-12-28-20)26-11-10-15-5-1-2-6-16(15)14-26/h1-9,12,19H,10-11,13-14H2,(H,25,27)/p+1/t19-/m0/s1. The van der Waals surface area contributed by atoms with Gasteiger partial charge < -0.3 is 14.6 Å². The van der Waals surface area contributed by atoms with E-state index in [1.807, 2.05) is 18.2 Å². The zero-order valence-corrected chi connectivity index (χ0v) is 16.0. The maximum Gasteiger partial charge on any atom is 0.256 e. The van der Waals surface area contributed by atoms with Crippen LogP contribution < -0.4 is 10.2 Å². The molecule has 2 aromatic carbocycles.